The Hall–Kier alpha value is -3.99. The molecule has 0 bridgehead atoms. The molecule has 0 unspecified atom stereocenters. The average molecular weight is 597 g/mol. The second-order valence-electron chi connectivity index (χ2n) is 9.36. The maximum absolute atomic E-state index is 13.6. The Labute approximate surface area is 244 Å². The molecular formula is C30H33N2O9P. The molecule has 1 aromatic heterocycles. The second kappa shape index (κ2) is 14.8. The van der Waals surface area contributed by atoms with Crippen molar-refractivity contribution in [2.45, 2.75) is 13.2 Å². The maximum atomic E-state index is 13.6. The zero-order chi connectivity index (χ0) is 30.0. The third kappa shape index (κ3) is 8.51. The van der Waals surface area contributed by atoms with Gasteiger partial charge in [0.25, 0.3) is 0 Å². The molecule has 11 nitrogen and oxygen atoms in total. The highest BCUT2D eigenvalue weighted by molar-refractivity contribution is 7.48. The van der Waals surface area contributed by atoms with Gasteiger partial charge >= 0.3 is 19.8 Å². The number of methoxy groups -OCH3 is 1. The summed E-state index contributed by atoms with van der Waals surface area (Å²) in [6, 6.07) is 22.1. The number of ether oxygens (including phenoxy) is 3. The Morgan fingerprint density at radius 3 is 1.90 bits per heavy atom. The van der Waals surface area contributed by atoms with Crippen LogP contribution in [0.25, 0.3) is 10.9 Å². The number of hydrogen-bond donors (Lipinski definition) is 0. The van der Waals surface area contributed by atoms with E-state index in [1.165, 1.54) is 0 Å². The first-order valence-electron chi connectivity index (χ1n) is 13.1. The minimum Gasteiger partial charge on any atom is -0.497 e. The Morgan fingerprint density at radius 1 is 0.810 bits per heavy atom. The second-order valence-corrected chi connectivity index (χ2v) is 11.0. The van der Waals surface area contributed by atoms with Crippen LogP contribution in [0.15, 0.2) is 85.1 Å². The van der Waals surface area contributed by atoms with E-state index in [0.717, 1.165) is 29.4 Å². The average Bonchev–Trinajstić information content (AvgIpc) is 3.36. The number of phosphoric acid groups is 1. The zero-order valence-electron chi connectivity index (χ0n) is 23.6. The van der Waals surface area contributed by atoms with Gasteiger partial charge in [-0.2, -0.15) is 0 Å². The van der Waals surface area contributed by atoms with Crippen molar-refractivity contribution in [1.82, 2.24) is 9.47 Å². The van der Waals surface area contributed by atoms with Crippen molar-refractivity contribution < 1.29 is 41.9 Å². The molecule has 0 aliphatic rings. The summed E-state index contributed by atoms with van der Waals surface area (Å²) in [6.45, 7) is -0.881. The van der Waals surface area contributed by atoms with E-state index in [1.807, 2.05) is 38.5 Å². The highest BCUT2D eigenvalue weighted by atomic mass is 31.2. The van der Waals surface area contributed by atoms with Crippen LogP contribution >= 0.6 is 7.82 Å². The van der Waals surface area contributed by atoms with Crippen LogP contribution in [0.3, 0.4) is 0 Å². The number of likely N-dealkylation sites (N-methyl/N-ethyl adjacent to an activating group) is 1. The lowest BCUT2D eigenvalue weighted by Crippen LogP contribution is -2.15. The number of phosphoric ester groups is 1. The Balaban J connectivity index is 1.48. The molecule has 1 heterocycles. The number of carbonyl (C=O) groups excluding carboxylic acids is 2. The summed E-state index contributed by atoms with van der Waals surface area (Å²) in [4.78, 5) is 26.7. The van der Waals surface area contributed by atoms with Crippen LogP contribution in [0.5, 0.6) is 5.75 Å². The van der Waals surface area contributed by atoms with Crippen LogP contribution in [-0.2, 0) is 40.8 Å². The van der Waals surface area contributed by atoms with Crippen LogP contribution in [-0.4, -0.2) is 62.7 Å². The summed E-state index contributed by atoms with van der Waals surface area (Å²) in [6.07, 6.45) is 2.64. The number of benzene rings is 3. The number of hydrogen-bond acceptors (Lipinski definition) is 10. The molecule has 0 saturated heterocycles. The number of fused-ring (bicyclic) bond motifs is 1. The van der Waals surface area contributed by atoms with Gasteiger partial charge < -0.3 is 23.7 Å². The lowest BCUT2D eigenvalue weighted by Gasteiger charge is -2.18. The van der Waals surface area contributed by atoms with Gasteiger partial charge in [0.2, 0.25) is 13.6 Å². The lowest BCUT2D eigenvalue weighted by atomic mass is 10.1. The highest BCUT2D eigenvalue weighted by Crippen LogP contribution is 2.50. The molecule has 0 aliphatic carbocycles. The van der Waals surface area contributed by atoms with Gasteiger partial charge in [-0.3, -0.25) is 4.52 Å². The molecule has 0 N–H and O–H groups in total. The SMILES string of the molecule is COc1ccc2c(c1)c(CCN(C)C)cn2COP(=O)(OCOC(=O)c1ccccc1)OCOC(=O)c1ccccc1. The van der Waals surface area contributed by atoms with E-state index in [9.17, 15) is 14.2 Å². The van der Waals surface area contributed by atoms with Gasteiger partial charge in [0, 0.05) is 18.1 Å². The molecule has 0 radical (unpaired) electrons. The first-order chi connectivity index (χ1) is 20.3. The van der Waals surface area contributed by atoms with E-state index >= 15 is 0 Å². The Morgan fingerprint density at radius 2 is 1.38 bits per heavy atom. The summed E-state index contributed by atoms with van der Waals surface area (Å²) < 4.78 is 47.2. The third-order valence-corrected chi connectivity index (χ3v) is 7.45. The summed E-state index contributed by atoms with van der Waals surface area (Å²) in [5.74, 6) is -0.674. The van der Waals surface area contributed by atoms with Crippen LogP contribution < -0.4 is 4.74 Å². The van der Waals surface area contributed by atoms with Crippen molar-refractivity contribution >= 4 is 30.7 Å². The predicted molar refractivity (Wildman–Crippen MR) is 155 cm³/mol. The van der Waals surface area contributed by atoms with Gasteiger partial charge in [0.15, 0.2) is 0 Å². The molecule has 12 heteroatoms. The van der Waals surface area contributed by atoms with Crippen molar-refractivity contribution in [3.8, 4) is 5.75 Å². The Kier molecular flexibility index (Phi) is 10.9. The normalized spacial score (nSPS) is 11.5. The van der Waals surface area contributed by atoms with E-state index in [-0.39, 0.29) is 17.9 Å². The fraction of sp³-hybridized carbons (Fsp3) is 0.267. The third-order valence-electron chi connectivity index (χ3n) is 6.17. The molecule has 0 spiro atoms. The molecule has 4 rings (SSSR count). The van der Waals surface area contributed by atoms with Crippen molar-refractivity contribution in [3.05, 3.63) is 102 Å². The first kappa shape index (κ1) is 31.0. The van der Waals surface area contributed by atoms with Crippen LogP contribution in [0.1, 0.15) is 26.3 Å². The number of nitrogens with zero attached hydrogens (tertiary/aromatic N) is 2. The van der Waals surface area contributed by atoms with E-state index in [2.05, 4.69) is 4.90 Å². The highest BCUT2D eigenvalue weighted by Gasteiger charge is 2.29. The van der Waals surface area contributed by atoms with Gasteiger partial charge in [-0.05, 0) is 68.5 Å². The van der Waals surface area contributed by atoms with Crippen molar-refractivity contribution in [3.63, 3.8) is 0 Å². The summed E-state index contributed by atoms with van der Waals surface area (Å²) in [7, 11) is 1.17. The topological polar surface area (TPSA) is 115 Å². The fourth-order valence-electron chi connectivity index (χ4n) is 3.98. The standard InChI is InChI=1S/C30H33N2O9P/c1-31(2)17-16-25-19-32(28-15-14-26(36-3)18-27(25)28)20-39-42(35,40-21-37-29(33)23-10-6-4-7-11-23)41-22-38-30(34)24-12-8-5-9-13-24/h4-15,18-19H,16-17,20-22H2,1-3H3. The largest absolute Gasteiger partial charge is 0.497 e. The molecule has 0 atom stereocenters. The fourth-order valence-corrected chi connectivity index (χ4v) is 4.83. The van der Waals surface area contributed by atoms with Crippen molar-refractivity contribution in [2.24, 2.45) is 0 Å². The van der Waals surface area contributed by atoms with Crippen LogP contribution in [0, 0.1) is 0 Å². The molecule has 4 aromatic rings. The van der Waals surface area contributed by atoms with Crippen molar-refractivity contribution in [1.29, 1.82) is 0 Å². The number of aromatic nitrogens is 1. The minimum absolute atomic E-state index is 0.235. The summed E-state index contributed by atoms with van der Waals surface area (Å²) >= 11 is 0. The Bertz CT molecular complexity index is 1460. The van der Waals surface area contributed by atoms with E-state index in [4.69, 9.17) is 27.8 Å². The van der Waals surface area contributed by atoms with Crippen LogP contribution in [0.2, 0.25) is 0 Å². The first-order valence-corrected chi connectivity index (χ1v) is 14.5. The monoisotopic (exact) mass is 596 g/mol. The molecule has 3 aromatic carbocycles. The van der Waals surface area contributed by atoms with Gasteiger partial charge in [0.1, 0.15) is 12.5 Å². The number of esters is 2. The number of rotatable bonds is 15. The molecular weight excluding hydrogens is 563 g/mol. The van der Waals surface area contributed by atoms with E-state index < -0.39 is 33.3 Å². The molecule has 0 fully saturated rings. The van der Waals surface area contributed by atoms with E-state index in [1.54, 1.807) is 72.3 Å². The number of carbonyl (C=O) groups is 2. The van der Waals surface area contributed by atoms with Crippen molar-refractivity contribution in [2.75, 3.05) is 41.3 Å². The molecule has 222 valence electrons. The molecule has 0 amide bonds. The van der Waals surface area contributed by atoms with Gasteiger partial charge in [-0.25, -0.2) is 23.2 Å². The quantitative estimate of drug-likeness (QED) is 0.0990. The maximum Gasteiger partial charge on any atom is 0.482 e. The van der Waals surface area contributed by atoms with E-state index in [0.29, 0.717) is 5.75 Å². The smallest absolute Gasteiger partial charge is 0.482 e. The molecule has 42 heavy (non-hydrogen) atoms. The van der Waals surface area contributed by atoms with Gasteiger partial charge in [-0.15, -0.1) is 0 Å². The summed E-state index contributed by atoms with van der Waals surface area (Å²) in [5, 5.41) is 0.949. The molecule has 0 aliphatic heterocycles. The van der Waals surface area contributed by atoms with Crippen LogP contribution in [0.4, 0.5) is 0 Å². The van der Waals surface area contributed by atoms with Gasteiger partial charge in [-0.1, -0.05) is 36.4 Å². The lowest BCUT2D eigenvalue weighted by molar-refractivity contribution is -0.0297. The zero-order valence-corrected chi connectivity index (χ0v) is 24.5. The molecule has 0 saturated carbocycles. The predicted octanol–water partition coefficient (Wildman–Crippen LogP) is 5.50. The summed E-state index contributed by atoms with van der Waals surface area (Å²) in [5.41, 5.74) is 2.41. The minimum atomic E-state index is -4.40. The van der Waals surface area contributed by atoms with Gasteiger partial charge in [0.05, 0.1) is 23.8 Å².